The third-order valence-electron chi connectivity index (χ3n) is 7.69. The van der Waals surface area contributed by atoms with Crippen LogP contribution in [0.15, 0.2) is 55.0 Å². The molecule has 1 aromatic carbocycles. The molecule has 5 nitrogen and oxygen atoms in total. The molecule has 7 rings (SSSR count). The molecule has 1 aliphatic heterocycles. The van der Waals surface area contributed by atoms with Crippen molar-refractivity contribution in [3.8, 4) is 16.9 Å². The molecule has 4 aliphatic rings. The first-order valence-electron chi connectivity index (χ1n) is 11.5. The summed E-state index contributed by atoms with van der Waals surface area (Å²) in [6.45, 7) is 0. The highest BCUT2D eigenvalue weighted by atomic mass is 35.5. The summed E-state index contributed by atoms with van der Waals surface area (Å²) in [4.78, 5) is 16.6. The van der Waals surface area contributed by atoms with Crippen molar-refractivity contribution in [3.05, 3.63) is 71.3 Å². The molecule has 3 saturated carbocycles. The highest BCUT2D eigenvalue weighted by Gasteiger charge is 2.69. The van der Waals surface area contributed by atoms with Gasteiger partial charge in [-0.3, -0.25) is 9.78 Å². The molecule has 0 amide bonds. The number of aliphatic hydroxyl groups excluding tert-OH is 1. The van der Waals surface area contributed by atoms with E-state index in [1.807, 2.05) is 18.5 Å². The van der Waals surface area contributed by atoms with E-state index < -0.39 is 24.1 Å². The van der Waals surface area contributed by atoms with Gasteiger partial charge in [-0.2, -0.15) is 13.2 Å². The van der Waals surface area contributed by atoms with Gasteiger partial charge in [0.25, 0.3) is 0 Å². The van der Waals surface area contributed by atoms with E-state index in [2.05, 4.69) is 9.55 Å². The third kappa shape index (κ3) is 3.74. The molecule has 3 aromatic rings. The minimum absolute atomic E-state index is 0.00183. The molecule has 0 spiro atoms. The Labute approximate surface area is 204 Å². The van der Waals surface area contributed by atoms with E-state index in [9.17, 15) is 23.1 Å². The lowest BCUT2D eigenvalue weighted by molar-refractivity contribution is -0.195. The van der Waals surface area contributed by atoms with Gasteiger partial charge in [0.1, 0.15) is 11.4 Å². The molecule has 0 unspecified atom stereocenters. The molecule has 0 radical (unpaired) electrons. The van der Waals surface area contributed by atoms with Crippen LogP contribution in [-0.4, -0.2) is 26.5 Å². The lowest BCUT2D eigenvalue weighted by Crippen LogP contribution is -2.68. The summed E-state index contributed by atoms with van der Waals surface area (Å²) in [6.07, 6.45) is 2.44. The fourth-order valence-corrected chi connectivity index (χ4v) is 6.27. The zero-order valence-electron chi connectivity index (χ0n) is 18.6. The summed E-state index contributed by atoms with van der Waals surface area (Å²) >= 11 is 6.00. The quantitative estimate of drug-likeness (QED) is 0.468. The largest absolute Gasteiger partial charge is 0.482 e. The van der Waals surface area contributed by atoms with E-state index in [1.54, 1.807) is 18.2 Å². The van der Waals surface area contributed by atoms with Crippen LogP contribution < -0.4 is 4.74 Å². The Morgan fingerprint density at radius 1 is 1.17 bits per heavy atom. The van der Waals surface area contributed by atoms with Gasteiger partial charge in [-0.15, -0.1) is 0 Å². The second kappa shape index (κ2) is 7.58. The number of alkyl halides is 3. The molecule has 2 bridgehead atoms. The second-order valence-corrected chi connectivity index (χ2v) is 10.6. The average molecular weight is 503 g/mol. The van der Waals surface area contributed by atoms with Gasteiger partial charge in [-0.25, -0.2) is 0 Å². The Balaban J connectivity index is 1.09. The van der Waals surface area contributed by atoms with Crippen LogP contribution >= 0.6 is 11.6 Å². The van der Waals surface area contributed by atoms with Gasteiger partial charge in [0.15, 0.2) is 11.9 Å². The number of nitrogens with zero attached hydrogens (tertiary/aromatic N) is 2. The molecule has 1 N–H and O–H groups in total. The van der Waals surface area contributed by atoms with Gasteiger partial charge in [-0.1, -0.05) is 17.7 Å². The number of ketones is 1. The minimum atomic E-state index is -4.46. The summed E-state index contributed by atoms with van der Waals surface area (Å²) in [7, 11) is 0. The number of rotatable bonds is 5. The molecule has 35 heavy (non-hydrogen) atoms. The van der Waals surface area contributed by atoms with Crippen molar-refractivity contribution < 1.29 is 27.8 Å². The second-order valence-electron chi connectivity index (χ2n) is 10.2. The van der Waals surface area contributed by atoms with Crippen LogP contribution in [0.3, 0.4) is 0 Å². The van der Waals surface area contributed by atoms with Crippen LogP contribution in [-0.2, 0) is 16.5 Å². The number of ether oxygens (including phenoxy) is 1. The van der Waals surface area contributed by atoms with Gasteiger partial charge in [-0.05, 0) is 55.0 Å². The zero-order chi connectivity index (χ0) is 24.6. The Morgan fingerprint density at radius 3 is 2.63 bits per heavy atom. The van der Waals surface area contributed by atoms with Crippen LogP contribution in [0.1, 0.15) is 49.5 Å². The number of Topliss-reactive ketones (excluding diaryl/α,β-unsaturated/α-hetero) is 1. The zero-order valence-corrected chi connectivity index (χ0v) is 19.3. The summed E-state index contributed by atoms with van der Waals surface area (Å²) in [6, 6.07) is 9.33. The van der Waals surface area contributed by atoms with Crippen molar-refractivity contribution in [3.63, 3.8) is 0 Å². The molecule has 0 saturated heterocycles. The Kier molecular flexibility index (Phi) is 4.90. The number of pyridine rings is 1. The van der Waals surface area contributed by atoms with E-state index in [-0.39, 0.29) is 23.2 Å². The highest BCUT2D eigenvalue weighted by molar-refractivity contribution is 6.30. The highest BCUT2D eigenvalue weighted by Crippen LogP contribution is 2.73. The van der Waals surface area contributed by atoms with E-state index in [0.29, 0.717) is 28.3 Å². The predicted octanol–water partition coefficient (Wildman–Crippen LogP) is 5.95. The van der Waals surface area contributed by atoms with Crippen molar-refractivity contribution in [2.45, 2.75) is 56.0 Å². The van der Waals surface area contributed by atoms with Crippen molar-refractivity contribution in [1.82, 2.24) is 9.55 Å². The topological polar surface area (TPSA) is 64.4 Å². The van der Waals surface area contributed by atoms with Crippen molar-refractivity contribution in [1.29, 1.82) is 0 Å². The van der Waals surface area contributed by atoms with Crippen LogP contribution in [0.2, 0.25) is 5.02 Å². The molecule has 2 aromatic heterocycles. The van der Waals surface area contributed by atoms with Crippen LogP contribution in [0.4, 0.5) is 13.2 Å². The lowest BCUT2D eigenvalue weighted by atomic mass is 9.38. The lowest BCUT2D eigenvalue weighted by Gasteiger charge is -2.71. The minimum Gasteiger partial charge on any atom is -0.482 e. The maximum Gasteiger partial charge on any atom is 0.433 e. The number of hydrogen-bond acceptors (Lipinski definition) is 4. The van der Waals surface area contributed by atoms with Gasteiger partial charge in [0, 0.05) is 58.7 Å². The smallest absolute Gasteiger partial charge is 0.433 e. The predicted molar refractivity (Wildman–Crippen MR) is 122 cm³/mol. The number of fused-ring (bicyclic) bond motifs is 1. The van der Waals surface area contributed by atoms with E-state index >= 15 is 0 Å². The third-order valence-corrected chi connectivity index (χ3v) is 7.92. The fourth-order valence-electron chi connectivity index (χ4n) is 6.09. The molecular weight excluding hydrogens is 481 g/mol. The monoisotopic (exact) mass is 502 g/mol. The van der Waals surface area contributed by atoms with Crippen molar-refractivity contribution in [2.75, 3.05) is 0 Å². The Bertz CT molecular complexity index is 1300. The molecule has 3 heterocycles. The maximum absolute atomic E-state index is 13.0. The number of aromatic nitrogens is 2. The first-order valence-corrected chi connectivity index (χ1v) is 11.8. The van der Waals surface area contributed by atoms with Gasteiger partial charge < -0.3 is 14.4 Å². The Hall–Kier alpha value is -2.84. The summed E-state index contributed by atoms with van der Waals surface area (Å²) in [5, 5.41) is 11.0. The number of benzene rings is 1. The van der Waals surface area contributed by atoms with Crippen molar-refractivity contribution in [2.24, 2.45) is 5.41 Å². The van der Waals surface area contributed by atoms with Gasteiger partial charge in [0.05, 0.1) is 6.10 Å². The number of carbonyl (C=O) groups is 1. The first-order chi connectivity index (χ1) is 16.6. The van der Waals surface area contributed by atoms with E-state index in [1.165, 1.54) is 12.3 Å². The van der Waals surface area contributed by atoms with E-state index in [4.69, 9.17) is 16.3 Å². The van der Waals surface area contributed by atoms with Crippen LogP contribution in [0.25, 0.3) is 11.1 Å². The number of halogens is 4. The van der Waals surface area contributed by atoms with Crippen LogP contribution in [0, 0.1) is 5.41 Å². The maximum atomic E-state index is 13.0. The summed E-state index contributed by atoms with van der Waals surface area (Å²) < 4.78 is 46.3. The number of carbonyl (C=O) groups excluding carboxylic acids is 1. The summed E-state index contributed by atoms with van der Waals surface area (Å²) in [5.41, 5.74) is 1.04. The number of aliphatic hydroxyl groups is 1. The van der Waals surface area contributed by atoms with Gasteiger partial charge in [0.2, 0.25) is 0 Å². The molecule has 3 fully saturated rings. The van der Waals surface area contributed by atoms with E-state index in [0.717, 1.165) is 30.9 Å². The molecule has 9 heteroatoms. The SMILES string of the molecule is O=C(CC12CC(n3ccc(-c4ccc(C(F)(F)F)nc4)c3)(C1)C2)[C@H]1C[C@@H](O)c2cc(Cl)ccc2O1. The molecule has 182 valence electrons. The summed E-state index contributed by atoms with van der Waals surface area (Å²) in [5.74, 6) is 0.500. The first kappa shape index (κ1) is 22.6. The standard InChI is InChI=1S/C26H22ClF3N2O3/c27-17-2-3-21-18(7-17)19(33)8-22(35-21)20(34)9-24-12-25(13-24,14-24)32-6-5-16(11-32)15-1-4-23(31-10-15)26(28,29)30/h1-7,10-11,19,22,33H,8-9,12-14H2/t19-,22-,24?,25?/m1/s1. The van der Waals surface area contributed by atoms with Crippen LogP contribution in [0.5, 0.6) is 5.75 Å². The van der Waals surface area contributed by atoms with Gasteiger partial charge >= 0.3 is 6.18 Å². The molecule has 2 atom stereocenters. The average Bonchev–Trinajstić information content (AvgIpc) is 3.25. The molecular formula is C26H22ClF3N2O3. The fraction of sp³-hybridized carbons (Fsp3) is 0.385. The Morgan fingerprint density at radius 2 is 1.94 bits per heavy atom. The number of hydrogen-bond donors (Lipinski definition) is 1. The molecule has 3 aliphatic carbocycles. The van der Waals surface area contributed by atoms with Crippen molar-refractivity contribution >= 4 is 17.4 Å². The normalized spacial score (nSPS) is 28.9.